The maximum absolute atomic E-state index is 5.72. The number of hydrogen-bond donors (Lipinski definition) is 0. The number of aromatic nitrogens is 4. The summed E-state index contributed by atoms with van der Waals surface area (Å²) >= 11 is 0. The molecule has 0 radical (unpaired) electrons. The van der Waals surface area contributed by atoms with Gasteiger partial charge in [0.25, 0.3) is 0 Å². The topological polar surface area (TPSA) is 35.6 Å². The Kier molecular flexibility index (Phi) is 6.85. The summed E-state index contributed by atoms with van der Waals surface area (Å²) in [6.07, 6.45) is 12.6. The summed E-state index contributed by atoms with van der Waals surface area (Å²) in [4.78, 5) is 11.4. The predicted octanol–water partition coefficient (Wildman–Crippen LogP) is 11.6. The second kappa shape index (κ2) is 12.0. The lowest BCUT2D eigenvalue weighted by molar-refractivity contribution is 0.567. The maximum Gasteiger partial charge on any atom is 0.235 e. The Morgan fingerprint density at radius 3 is 2.09 bits per heavy atom. The van der Waals surface area contributed by atoms with E-state index < -0.39 is 0 Å². The first-order valence-corrected chi connectivity index (χ1v) is 20.3. The molecule has 6 aromatic carbocycles. The van der Waals surface area contributed by atoms with Gasteiger partial charge in [0.2, 0.25) is 5.95 Å². The quantitative estimate of drug-likeness (QED) is 0.180. The summed E-state index contributed by atoms with van der Waals surface area (Å²) in [6.45, 7) is 7.02. The molecule has 276 valence electrons. The molecule has 0 saturated heterocycles. The summed E-state index contributed by atoms with van der Waals surface area (Å²) in [5.41, 5.74) is 14.5. The molecule has 4 heteroatoms. The Labute approximate surface area is 337 Å². The monoisotopic (exact) mass is 744 g/mol. The average molecular weight is 745 g/mol. The van der Waals surface area contributed by atoms with Crippen LogP contribution in [0.5, 0.6) is 0 Å². The first-order valence-electron chi connectivity index (χ1n) is 20.3. The van der Waals surface area contributed by atoms with Gasteiger partial charge in [-0.05, 0) is 88.9 Å². The van der Waals surface area contributed by atoms with Gasteiger partial charge >= 0.3 is 0 Å². The number of benzene rings is 6. The van der Waals surface area contributed by atoms with Crippen molar-refractivity contribution >= 4 is 44.9 Å². The highest BCUT2D eigenvalue weighted by molar-refractivity contribution is 6.11. The molecule has 0 N–H and O–H groups in total. The molecular weight excluding hydrogens is 705 g/mol. The van der Waals surface area contributed by atoms with Crippen molar-refractivity contribution in [3.05, 3.63) is 191 Å². The third kappa shape index (κ3) is 4.63. The Bertz CT molecular complexity index is 3400. The standard InChI is InChI=1S/C54H40N4/c1-53(2)44-31-35(34-16-6-4-7-17-34)25-27-41(44)49-50(36-26-28-47-42(30-36)39-21-10-12-23-45(39)57(47)38-19-8-5-9-20-38)55-52(56-51(49)53)58-46-24-13-11-22-40(46)43-32-37-18-14-15-29-54(37,3)33-48(43)58/h4-28,30-33H,29H2,1-3H3. The zero-order valence-corrected chi connectivity index (χ0v) is 32.7. The summed E-state index contributed by atoms with van der Waals surface area (Å²) in [6, 6.07) is 52.7. The van der Waals surface area contributed by atoms with Crippen LogP contribution in [0.25, 0.3) is 90.0 Å². The normalized spacial score (nSPS) is 17.3. The molecule has 12 rings (SSSR count). The highest BCUT2D eigenvalue weighted by Gasteiger charge is 2.41. The molecule has 3 heterocycles. The van der Waals surface area contributed by atoms with Crippen LogP contribution in [0.15, 0.2) is 169 Å². The molecule has 4 nitrogen and oxygen atoms in total. The largest absolute Gasteiger partial charge is 0.309 e. The molecular formula is C54H40N4. The van der Waals surface area contributed by atoms with Gasteiger partial charge in [0.1, 0.15) is 0 Å². The number of allylic oxidation sites excluding steroid dienone is 4. The molecule has 3 aliphatic rings. The van der Waals surface area contributed by atoms with E-state index in [2.05, 4.69) is 206 Å². The Morgan fingerprint density at radius 1 is 0.586 bits per heavy atom. The first-order chi connectivity index (χ1) is 28.4. The van der Waals surface area contributed by atoms with Gasteiger partial charge < -0.3 is 4.57 Å². The van der Waals surface area contributed by atoms with E-state index in [1.807, 2.05) is 0 Å². The van der Waals surface area contributed by atoms with E-state index in [1.165, 1.54) is 60.2 Å². The second-order valence-corrected chi connectivity index (χ2v) is 16.9. The Hall–Kier alpha value is -7.04. The molecule has 1 unspecified atom stereocenters. The van der Waals surface area contributed by atoms with Gasteiger partial charge in [-0.15, -0.1) is 0 Å². The van der Waals surface area contributed by atoms with Crippen molar-refractivity contribution in [2.75, 3.05) is 0 Å². The van der Waals surface area contributed by atoms with Crippen molar-refractivity contribution in [3.8, 4) is 45.1 Å². The SMILES string of the molecule is CC12C=c3c(c4ccccc4n3-c3nc(-c4ccc5c(c4)c4ccccc4n5-c4ccccc4)c4c(n3)C(C)(C)c3cc(-c5ccccc5)ccc3-4)=CC1=CC=CC2. The number of para-hydroxylation sites is 3. The van der Waals surface area contributed by atoms with E-state index in [9.17, 15) is 0 Å². The van der Waals surface area contributed by atoms with Crippen LogP contribution < -0.4 is 10.6 Å². The predicted molar refractivity (Wildman–Crippen MR) is 240 cm³/mol. The molecule has 3 aromatic heterocycles. The fraction of sp³-hybridized carbons (Fsp3) is 0.111. The minimum atomic E-state index is -0.385. The van der Waals surface area contributed by atoms with Crippen LogP contribution in [-0.2, 0) is 5.41 Å². The lowest BCUT2D eigenvalue weighted by Gasteiger charge is -2.30. The van der Waals surface area contributed by atoms with Crippen LogP contribution in [0.3, 0.4) is 0 Å². The van der Waals surface area contributed by atoms with Gasteiger partial charge in [-0.1, -0.05) is 142 Å². The molecule has 1 atom stereocenters. The lowest BCUT2D eigenvalue weighted by atomic mass is 9.74. The third-order valence-corrected chi connectivity index (χ3v) is 13.0. The van der Waals surface area contributed by atoms with Crippen molar-refractivity contribution in [3.63, 3.8) is 0 Å². The Balaban J connectivity index is 1.17. The van der Waals surface area contributed by atoms with Crippen molar-refractivity contribution < 1.29 is 0 Å². The minimum absolute atomic E-state index is 0.116. The molecule has 0 amide bonds. The van der Waals surface area contributed by atoms with Crippen LogP contribution in [-0.4, -0.2) is 19.1 Å². The summed E-state index contributed by atoms with van der Waals surface area (Å²) < 4.78 is 4.71. The fourth-order valence-electron chi connectivity index (χ4n) is 10.1. The van der Waals surface area contributed by atoms with Crippen LogP contribution >= 0.6 is 0 Å². The molecule has 3 aliphatic carbocycles. The van der Waals surface area contributed by atoms with Gasteiger partial charge in [-0.25, -0.2) is 9.97 Å². The second-order valence-electron chi connectivity index (χ2n) is 16.9. The number of fused-ring (bicyclic) bond motifs is 10. The van der Waals surface area contributed by atoms with Crippen LogP contribution in [0, 0.1) is 5.41 Å². The van der Waals surface area contributed by atoms with Gasteiger partial charge in [0.05, 0.1) is 33.3 Å². The molecule has 9 aromatic rings. The molecule has 58 heavy (non-hydrogen) atoms. The highest BCUT2D eigenvalue weighted by Crippen LogP contribution is 2.52. The van der Waals surface area contributed by atoms with Crippen molar-refractivity contribution in [1.82, 2.24) is 19.1 Å². The van der Waals surface area contributed by atoms with Gasteiger partial charge in [-0.3, -0.25) is 4.57 Å². The van der Waals surface area contributed by atoms with Gasteiger partial charge in [-0.2, -0.15) is 0 Å². The zero-order chi connectivity index (χ0) is 38.8. The van der Waals surface area contributed by atoms with Crippen LogP contribution in [0.2, 0.25) is 0 Å². The van der Waals surface area contributed by atoms with E-state index in [0.29, 0.717) is 5.95 Å². The van der Waals surface area contributed by atoms with Gasteiger partial charge in [0, 0.05) is 49.0 Å². The Morgan fingerprint density at radius 2 is 1.28 bits per heavy atom. The highest BCUT2D eigenvalue weighted by atomic mass is 15.2. The number of hydrogen-bond acceptors (Lipinski definition) is 2. The maximum atomic E-state index is 5.72. The zero-order valence-electron chi connectivity index (χ0n) is 32.7. The van der Waals surface area contributed by atoms with Crippen LogP contribution in [0.4, 0.5) is 0 Å². The number of nitrogens with zero attached hydrogens (tertiary/aromatic N) is 4. The van der Waals surface area contributed by atoms with E-state index in [0.717, 1.165) is 45.5 Å². The van der Waals surface area contributed by atoms with E-state index in [1.54, 1.807) is 0 Å². The van der Waals surface area contributed by atoms with E-state index >= 15 is 0 Å². The smallest absolute Gasteiger partial charge is 0.235 e. The van der Waals surface area contributed by atoms with E-state index in [-0.39, 0.29) is 10.8 Å². The lowest BCUT2D eigenvalue weighted by Crippen LogP contribution is -2.37. The summed E-state index contributed by atoms with van der Waals surface area (Å²) in [5.74, 6) is 0.703. The summed E-state index contributed by atoms with van der Waals surface area (Å²) in [7, 11) is 0. The molecule has 0 bridgehead atoms. The molecule has 0 spiro atoms. The third-order valence-electron chi connectivity index (χ3n) is 13.0. The van der Waals surface area contributed by atoms with Gasteiger partial charge in [0.15, 0.2) is 0 Å². The van der Waals surface area contributed by atoms with E-state index in [4.69, 9.17) is 9.97 Å². The minimum Gasteiger partial charge on any atom is -0.309 e. The molecule has 0 fully saturated rings. The average Bonchev–Trinajstić information content (AvgIpc) is 3.84. The molecule has 0 saturated carbocycles. The fourth-order valence-corrected chi connectivity index (χ4v) is 10.1. The van der Waals surface area contributed by atoms with Crippen molar-refractivity contribution in [2.45, 2.75) is 32.6 Å². The van der Waals surface area contributed by atoms with Crippen molar-refractivity contribution in [1.29, 1.82) is 0 Å². The van der Waals surface area contributed by atoms with Crippen LogP contribution in [0.1, 0.15) is 38.4 Å². The molecule has 0 aliphatic heterocycles. The number of rotatable bonds is 4. The summed E-state index contributed by atoms with van der Waals surface area (Å²) in [5, 5.41) is 6.01. The first kappa shape index (κ1) is 33.1. The van der Waals surface area contributed by atoms with Crippen molar-refractivity contribution in [2.24, 2.45) is 5.41 Å².